The lowest BCUT2D eigenvalue weighted by Crippen LogP contribution is -2.60. The van der Waals surface area contributed by atoms with E-state index in [0.29, 0.717) is 11.3 Å². The molecule has 0 aromatic rings. The molecule has 3 aliphatic carbocycles. The maximum atomic E-state index is 8.88. The Labute approximate surface area is 73.8 Å². The molecule has 2 heteroatoms. The second-order valence-electron chi connectivity index (χ2n) is 5.25. The Morgan fingerprint density at radius 1 is 1.33 bits per heavy atom. The van der Waals surface area contributed by atoms with E-state index in [1.165, 1.54) is 12.8 Å². The van der Waals surface area contributed by atoms with E-state index >= 15 is 0 Å². The van der Waals surface area contributed by atoms with E-state index in [9.17, 15) is 0 Å². The summed E-state index contributed by atoms with van der Waals surface area (Å²) in [7, 11) is 0. The predicted molar refractivity (Wildman–Crippen MR) is 46.7 cm³/mol. The lowest BCUT2D eigenvalue weighted by atomic mass is 9.44. The average molecular weight is 170 g/mol. The van der Waals surface area contributed by atoms with Gasteiger partial charge in [-0.25, -0.2) is 4.89 Å². The molecule has 2 nitrogen and oxygen atoms in total. The summed E-state index contributed by atoms with van der Waals surface area (Å²) in [6.45, 7) is 6.62. The molecule has 0 heterocycles. The topological polar surface area (TPSA) is 29.5 Å². The minimum Gasteiger partial charge on any atom is -0.251 e. The molecule has 0 spiro atoms. The standard InChI is InChI=1S/C10H18O2/c1-9(2)7-4-5-10(3,12-11)8(9)6-7/h7-8,11H,4-6H2,1-3H3/t7-,8-,10+/m1/s1. The van der Waals surface area contributed by atoms with Crippen molar-refractivity contribution in [2.24, 2.45) is 17.3 Å². The van der Waals surface area contributed by atoms with Crippen LogP contribution in [-0.4, -0.2) is 10.9 Å². The molecule has 3 atom stereocenters. The summed E-state index contributed by atoms with van der Waals surface area (Å²) in [5.41, 5.74) is 0.119. The summed E-state index contributed by atoms with van der Waals surface area (Å²) in [5, 5.41) is 8.88. The van der Waals surface area contributed by atoms with Crippen molar-refractivity contribution in [3.05, 3.63) is 0 Å². The highest BCUT2D eigenvalue weighted by Crippen LogP contribution is 2.63. The van der Waals surface area contributed by atoms with Gasteiger partial charge in [0.05, 0.1) is 0 Å². The molecular weight excluding hydrogens is 152 g/mol. The van der Waals surface area contributed by atoms with E-state index in [1.54, 1.807) is 0 Å². The molecule has 0 aromatic carbocycles. The Morgan fingerprint density at radius 2 is 2.00 bits per heavy atom. The first-order valence-corrected chi connectivity index (χ1v) is 4.83. The molecule has 0 amide bonds. The molecule has 12 heavy (non-hydrogen) atoms. The third-order valence-electron chi connectivity index (χ3n) is 4.41. The molecule has 3 rings (SSSR count). The molecule has 0 radical (unpaired) electrons. The van der Waals surface area contributed by atoms with Crippen LogP contribution in [0.5, 0.6) is 0 Å². The SMILES string of the molecule is CC1(C)[C@@H]2CC[C@](C)(OO)[C@@H]1C2. The molecule has 0 saturated heterocycles. The summed E-state index contributed by atoms with van der Waals surface area (Å²) >= 11 is 0. The lowest BCUT2D eigenvalue weighted by Gasteiger charge is -2.62. The first-order chi connectivity index (χ1) is 5.50. The van der Waals surface area contributed by atoms with E-state index < -0.39 is 0 Å². The van der Waals surface area contributed by atoms with Gasteiger partial charge in [0, 0.05) is 0 Å². The fourth-order valence-corrected chi connectivity index (χ4v) is 3.29. The Morgan fingerprint density at radius 3 is 2.33 bits per heavy atom. The Kier molecular flexibility index (Phi) is 1.59. The van der Waals surface area contributed by atoms with Gasteiger partial charge in [-0.15, -0.1) is 0 Å². The minimum atomic E-state index is -0.266. The molecule has 2 bridgehead atoms. The molecule has 3 fully saturated rings. The third kappa shape index (κ3) is 0.826. The van der Waals surface area contributed by atoms with Crippen molar-refractivity contribution in [1.82, 2.24) is 0 Å². The Hall–Kier alpha value is -0.0800. The largest absolute Gasteiger partial charge is 0.251 e. The van der Waals surface area contributed by atoms with Gasteiger partial charge in [-0.1, -0.05) is 13.8 Å². The first kappa shape index (κ1) is 8.52. The van der Waals surface area contributed by atoms with Crippen molar-refractivity contribution in [3.8, 4) is 0 Å². The van der Waals surface area contributed by atoms with Gasteiger partial charge in [0.2, 0.25) is 0 Å². The average Bonchev–Trinajstić information content (AvgIpc) is 2.04. The van der Waals surface area contributed by atoms with Gasteiger partial charge >= 0.3 is 0 Å². The van der Waals surface area contributed by atoms with Gasteiger partial charge in [-0.2, -0.15) is 0 Å². The maximum Gasteiger partial charge on any atom is 0.104 e. The fraction of sp³-hybridized carbons (Fsp3) is 1.00. The van der Waals surface area contributed by atoms with Crippen molar-refractivity contribution < 1.29 is 10.1 Å². The van der Waals surface area contributed by atoms with Crippen LogP contribution in [0.4, 0.5) is 0 Å². The van der Waals surface area contributed by atoms with Crippen LogP contribution in [0.2, 0.25) is 0 Å². The molecule has 1 N–H and O–H groups in total. The number of hydrogen-bond acceptors (Lipinski definition) is 2. The molecular formula is C10H18O2. The molecule has 3 aliphatic rings. The zero-order valence-corrected chi connectivity index (χ0v) is 8.13. The summed E-state index contributed by atoms with van der Waals surface area (Å²) in [6.07, 6.45) is 3.47. The third-order valence-corrected chi connectivity index (χ3v) is 4.41. The number of rotatable bonds is 1. The first-order valence-electron chi connectivity index (χ1n) is 4.83. The van der Waals surface area contributed by atoms with Gasteiger partial charge in [-0.05, 0) is 43.4 Å². The zero-order valence-electron chi connectivity index (χ0n) is 8.13. The molecule has 70 valence electrons. The number of hydrogen-bond donors (Lipinski definition) is 1. The van der Waals surface area contributed by atoms with Crippen LogP contribution >= 0.6 is 0 Å². The van der Waals surface area contributed by atoms with Crippen LogP contribution in [0.1, 0.15) is 40.0 Å². The predicted octanol–water partition coefficient (Wildman–Crippen LogP) is 2.69. The minimum absolute atomic E-state index is 0.266. The Bertz CT molecular complexity index is 198. The maximum absolute atomic E-state index is 8.88. The van der Waals surface area contributed by atoms with Crippen molar-refractivity contribution in [1.29, 1.82) is 0 Å². The molecule has 0 unspecified atom stereocenters. The summed E-state index contributed by atoms with van der Waals surface area (Å²) in [4.78, 5) is 4.66. The van der Waals surface area contributed by atoms with Crippen LogP contribution in [-0.2, 0) is 4.89 Å². The Balaban J connectivity index is 2.21. The summed E-state index contributed by atoms with van der Waals surface area (Å²) in [6, 6.07) is 0. The van der Waals surface area contributed by atoms with Gasteiger partial charge in [0.1, 0.15) is 5.60 Å². The van der Waals surface area contributed by atoms with E-state index in [-0.39, 0.29) is 5.60 Å². The second kappa shape index (κ2) is 2.24. The van der Waals surface area contributed by atoms with Gasteiger partial charge < -0.3 is 0 Å². The van der Waals surface area contributed by atoms with E-state index in [1.807, 2.05) is 6.92 Å². The smallest absolute Gasteiger partial charge is 0.104 e. The van der Waals surface area contributed by atoms with Crippen LogP contribution in [0.3, 0.4) is 0 Å². The molecule has 0 aromatic heterocycles. The van der Waals surface area contributed by atoms with E-state index in [4.69, 9.17) is 5.26 Å². The molecule has 0 aliphatic heterocycles. The lowest BCUT2D eigenvalue weighted by molar-refractivity contribution is -0.371. The zero-order chi connectivity index (χ0) is 8.98. The number of fused-ring (bicyclic) bond motifs is 2. The monoisotopic (exact) mass is 170 g/mol. The fourth-order valence-electron chi connectivity index (χ4n) is 3.29. The van der Waals surface area contributed by atoms with E-state index in [0.717, 1.165) is 12.3 Å². The van der Waals surface area contributed by atoms with Gasteiger partial charge in [-0.3, -0.25) is 5.26 Å². The highest BCUT2D eigenvalue weighted by atomic mass is 17.1. The van der Waals surface area contributed by atoms with Crippen molar-refractivity contribution in [3.63, 3.8) is 0 Å². The van der Waals surface area contributed by atoms with Crippen LogP contribution < -0.4 is 0 Å². The van der Waals surface area contributed by atoms with Crippen molar-refractivity contribution >= 4 is 0 Å². The normalized spacial score (nSPS) is 50.0. The van der Waals surface area contributed by atoms with Crippen molar-refractivity contribution in [2.75, 3.05) is 0 Å². The highest BCUT2D eigenvalue weighted by Gasteiger charge is 2.60. The highest BCUT2D eigenvalue weighted by molar-refractivity contribution is 5.09. The van der Waals surface area contributed by atoms with Gasteiger partial charge in [0.15, 0.2) is 0 Å². The van der Waals surface area contributed by atoms with Gasteiger partial charge in [0.25, 0.3) is 0 Å². The van der Waals surface area contributed by atoms with Crippen LogP contribution in [0.15, 0.2) is 0 Å². The van der Waals surface area contributed by atoms with Crippen molar-refractivity contribution in [2.45, 2.75) is 45.6 Å². The quantitative estimate of drug-likeness (QED) is 0.484. The molecule has 3 saturated carbocycles. The van der Waals surface area contributed by atoms with Crippen LogP contribution in [0.25, 0.3) is 0 Å². The van der Waals surface area contributed by atoms with Crippen LogP contribution in [0, 0.1) is 17.3 Å². The second-order valence-corrected chi connectivity index (χ2v) is 5.25. The van der Waals surface area contributed by atoms with E-state index in [2.05, 4.69) is 18.7 Å². The summed E-state index contributed by atoms with van der Waals surface area (Å²) < 4.78 is 0. The summed E-state index contributed by atoms with van der Waals surface area (Å²) in [5.74, 6) is 1.42.